The van der Waals surface area contributed by atoms with Gasteiger partial charge in [-0.3, -0.25) is 9.69 Å². The molecule has 2 aliphatic rings. The Bertz CT molecular complexity index is 531. The number of likely N-dealkylation sites (tertiary alicyclic amines) is 1. The summed E-state index contributed by atoms with van der Waals surface area (Å²) in [5, 5.41) is 10.1. The second kappa shape index (κ2) is 5.97. The fourth-order valence-electron chi connectivity index (χ4n) is 3.96. The molecule has 3 unspecified atom stereocenters. The molecule has 1 aromatic heterocycles. The van der Waals surface area contributed by atoms with Gasteiger partial charge in [0, 0.05) is 13.1 Å². The van der Waals surface area contributed by atoms with Crippen molar-refractivity contribution in [1.82, 2.24) is 14.5 Å². The number of rotatable bonds is 3. The van der Waals surface area contributed by atoms with Crippen LogP contribution in [0.25, 0.3) is 0 Å². The third-order valence-corrected chi connectivity index (χ3v) is 5.49. The van der Waals surface area contributed by atoms with Gasteiger partial charge in [-0.05, 0) is 31.6 Å². The minimum absolute atomic E-state index is 0.379. The van der Waals surface area contributed by atoms with E-state index in [9.17, 15) is 9.90 Å². The Morgan fingerprint density at radius 1 is 1.38 bits per heavy atom. The number of hydrogen-bond donors (Lipinski definition) is 1. The van der Waals surface area contributed by atoms with Crippen molar-refractivity contribution < 1.29 is 9.90 Å². The number of carbonyl (C=O) groups is 1. The predicted octanol–water partition coefficient (Wildman–Crippen LogP) is 2.68. The molecule has 2 heterocycles. The molecule has 3 rings (SSSR count). The van der Waals surface area contributed by atoms with Gasteiger partial charge in [0.1, 0.15) is 17.0 Å². The summed E-state index contributed by atoms with van der Waals surface area (Å²) in [4.78, 5) is 18.1. The van der Waals surface area contributed by atoms with Crippen LogP contribution in [0, 0.1) is 5.92 Å². The van der Waals surface area contributed by atoms with Crippen molar-refractivity contribution in [2.75, 3.05) is 0 Å². The fourth-order valence-corrected chi connectivity index (χ4v) is 4.10. The first kappa shape index (κ1) is 14.9. The van der Waals surface area contributed by atoms with Crippen LogP contribution in [0.3, 0.4) is 0 Å². The normalized spacial score (nSPS) is 30.1. The van der Waals surface area contributed by atoms with E-state index in [-0.39, 0.29) is 6.04 Å². The third kappa shape index (κ3) is 2.81. The molecular formula is C15H22ClN3O2. The molecule has 21 heavy (non-hydrogen) atoms. The largest absolute Gasteiger partial charge is 0.480 e. The monoisotopic (exact) mass is 311 g/mol. The van der Waals surface area contributed by atoms with Crippen molar-refractivity contribution in [2.24, 2.45) is 13.0 Å². The van der Waals surface area contributed by atoms with Crippen molar-refractivity contribution in [3.8, 4) is 0 Å². The molecule has 0 spiro atoms. The van der Waals surface area contributed by atoms with Crippen LogP contribution < -0.4 is 0 Å². The molecule has 0 aromatic carbocycles. The van der Waals surface area contributed by atoms with E-state index in [1.165, 1.54) is 19.3 Å². The van der Waals surface area contributed by atoms with E-state index in [0.717, 1.165) is 25.1 Å². The topological polar surface area (TPSA) is 58.4 Å². The summed E-state index contributed by atoms with van der Waals surface area (Å²) in [6, 6.07) is -0.0103. The molecular weight excluding hydrogens is 290 g/mol. The molecule has 0 radical (unpaired) electrons. The van der Waals surface area contributed by atoms with Crippen molar-refractivity contribution in [3.05, 3.63) is 17.2 Å². The van der Waals surface area contributed by atoms with Crippen molar-refractivity contribution in [3.63, 3.8) is 0 Å². The second-order valence-corrected chi connectivity index (χ2v) is 6.66. The molecule has 6 heteroatoms. The predicted molar refractivity (Wildman–Crippen MR) is 80.2 cm³/mol. The Morgan fingerprint density at radius 3 is 2.81 bits per heavy atom. The highest BCUT2D eigenvalue weighted by atomic mass is 35.5. The Hall–Kier alpha value is -1.07. The quantitative estimate of drug-likeness (QED) is 0.932. The van der Waals surface area contributed by atoms with Gasteiger partial charge in [-0.25, -0.2) is 4.98 Å². The first-order chi connectivity index (χ1) is 10.1. The number of carboxylic acids is 1. The molecule has 1 aliphatic carbocycles. The summed E-state index contributed by atoms with van der Waals surface area (Å²) < 4.78 is 1.84. The highest BCUT2D eigenvalue weighted by molar-refractivity contribution is 6.29. The lowest BCUT2D eigenvalue weighted by Crippen LogP contribution is -2.54. The van der Waals surface area contributed by atoms with Gasteiger partial charge in [-0.2, -0.15) is 0 Å². The molecule has 1 aliphatic heterocycles. The summed E-state index contributed by atoms with van der Waals surface area (Å²) in [6.45, 7) is 0.571. The molecule has 1 saturated heterocycles. The lowest BCUT2D eigenvalue weighted by molar-refractivity contribution is -0.148. The lowest BCUT2D eigenvalue weighted by atomic mass is 9.76. The van der Waals surface area contributed by atoms with Crippen LogP contribution in [0.4, 0.5) is 0 Å². The molecule has 1 saturated carbocycles. The van der Waals surface area contributed by atoms with E-state index in [2.05, 4.69) is 9.88 Å². The number of fused-ring (bicyclic) bond motifs is 1. The SMILES string of the molecule is Cn1c(Cl)cnc1CN1C(C(=O)O)CCC2CCCCC21. The van der Waals surface area contributed by atoms with Gasteiger partial charge < -0.3 is 9.67 Å². The minimum Gasteiger partial charge on any atom is -0.480 e. The average Bonchev–Trinajstić information content (AvgIpc) is 2.79. The smallest absolute Gasteiger partial charge is 0.320 e. The van der Waals surface area contributed by atoms with Gasteiger partial charge in [0.2, 0.25) is 0 Å². The number of aromatic nitrogens is 2. The maximum Gasteiger partial charge on any atom is 0.320 e. The van der Waals surface area contributed by atoms with E-state index >= 15 is 0 Å². The highest BCUT2D eigenvalue weighted by Gasteiger charge is 2.41. The Balaban J connectivity index is 1.85. The molecule has 116 valence electrons. The van der Waals surface area contributed by atoms with Gasteiger partial charge in [-0.1, -0.05) is 24.4 Å². The van der Waals surface area contributed by atoms with Gasteiger partial charge >= 0.3 is 5.97 Å². The first-order valence-corrected chi connectivity index (χ1v) is 8.10. The minimum atomic E-state index is -0.709. The standard InChI is InChI=1S/C15H22ClN3O2/c1-18-13(16)8-17-14(18)9-19-11-5-3-2-4-10(11)6-7-12(19)15(20)21/h8,10-12H,2-7,9H2,1H3,(H,20,21). The number of piperidine rings is 1. The number of aliphatic carboxylic acids is 1. The van der Waals surface area contributed by atoms with Crippen molar-refractivity contribution >= 4 is 17.6 Å². The molecule has 0 amide bonds. The van der Waals surface area contributed by atoms with Gasteiger partial charge in [0.15, 0.2) is 0 Å². The summed E-state index contributed by atoms with van der Waals surface area (Å²) in [5.41, 5.74) is 0. The van der Waals surface area contributed by atoms with Crippen LogP contribution in [0.15, 0.2) is 6.20 Å². The van der Waals surface area contributed by atoms with Gasteiger partial charge in [0.25, 0.3) is 0 Å². The fraction of sp³-hybridized carbons (Fsp3) is 0.733. The number of imidazole rings is 1. The van der Waals surface area contributed by atoms with E-state index in [1.807, 2.05) is 11.6 Å². The van der Waals surface area contributed by atoms with E-state index in [0.29, 0.717) is 23.7 Å². The maximum atomic E-state index is 11.6. The highest BCUT2D eigenvalue weighted by Crippen LogP contribution is 2.38. The van der Waals surface area contributed by atoms with E-state index in [4.69, 9.17) is 11.6 Å². The molecule has 0 bridgehead atoms. The molecule has 1 aromatic rings. The molecule has 5 nitrogen and oxygen atoms in total. The number of halogens is 1. The molecule has 1 N–H and O–H groups in total. The first-order valence-electron chi connectivity index (χ1n) is 7.72. The van der Waals surface area contributed by atoms with Crippen LogP contribution in [0.2, 0.25) is 5.15 Å². The number of nitrogens with zero attached hydrogens (tertiary/aromatic N) is 3. The summed E-state index contributed by atoms with van der Waals surface area (Å²) in [5.74, 6) is 0.780. The average molecular weight is 312 g/mol. The van der Waals surface area contributed by atoms with E-state index < -0.39 is 5.97 Å². The van der Waals surface area contributed by atoms with Crippen LogP contribution in [-0.4, -0.2) is 37.6 Å². The Morgan fingerprint density at radius 2 is 2.14 bits per heavy atom. The Kier molecular flexibility index (Phi) is 4.22. The van der Waals surface area contributed by atoms with Crippen LogP contribution in [0.1, 0.15) is 44.3 Å². The van der Waals surface area contributed by atoms with Crippen LogP contribution in [-0.2, 0) is 18.4 Å². The van der Waals surface area contributed by atoms with Crippen LogP contribution >= 0.6 is 11.6 Å². The molecule has 2 fully saturated rings. The number of carboxylic acid groups (broad SMARTS) is 1. The lowest BCUT2D eigenvalue weighted by Gasteiger charge is -2.47. The van der Waals surface area contributed by atoms with Gasteiger partial charge in [-0.15, -0.1) is 0 Å². The van der Waals surface area contributed by atoms with Crippen molar-refractivity contribution in [2.45, 2.75) is 57.2 Å². The van der Waals surface area contributed by atoms with Gasteiger partial charge in [0.05, 0.1) is 12.7 Å². The maximum absolute atomic E-state index is 11.6. The van der Waals surface area contributed by atoms with E-state index in [1.54, 1.807) is 6.20 Å². The second-order valence-electron chi connectivity index (χ2n) is 6.27. The Labute approximate surface area is 129 Å². The zero-order valence-corrected chi connectivity index (χ0v) is 13.1. The summed E-state index contributed by atoms with van der Waals surface area (Å²) in [7, 11) is 1.88. The van der Waals surface area contributed by atoms with Crippen LogP contribution in [0.5, 0.6) is 0 Å². The van der Waals surface area contributed by atoms with Crippen molar-refractivity contribution in [1.29, 1.82) is 0 Å². The number of hydrogen-bond acceptors (Lipinski definition) is 3. The summed E-state index contributed by atoms with van der Waals surface area (Å²) in [6.07, 6.45) is 8.23. The zero-order valence-electron chi connectivity index (χ0n) is 12.3. The summed E-state index contributed by atoms with van der Waals surface area (Å²) >= 11 is 6.05. The molecule has 3 atom stereocenters. The third-order valence-electron chi connectivity index (χ3n) is 5.14. The zero-order chi connectivity index (χ0) is 15.0.